The highest BCUT2D eigenvalue weighted by molar-refractivity contribution is 7.90. The fourth-order valence-corrected chi connectivity index (χ4v) is 5.48. The van der Waals surface area contributed by atoms with E-state index in [9.17, 15) is 18.3 Å². The summed E-state index contributed by atoms with van der Waals surface area (Å²) < 4.78 is 27.9. The van der Waals surface area contributed by atoms with Gasteiger partial charge in [-0.1, -0.05) is 38.4 Å². The minimum atomic E-state index is -3.92. The van der Waals surface area contributed by atoms with Crippen molar-refractivity contribution in [1.29, 1.82) is 0 Å². The van der Waals surface area contributed by atoms with Crippen molar-refractivity contribution in [2.45, 2.75) is 32.2 Å². The summed E-state index contributed by atoms with van der Waals surface area (Å²) in [6, 6.07) is 9.64. The lowest BCUT2D eigenvalue weighted by Gasteiger charge is -2.27. The van der Waals surface area contributed by atoms with Gasteiger partial charge in [-0.05, 0) is 46.7 Å². The first-order valence-electron chi connectivity index (χ1n) is 9.20. The van der Waals surface area contributed by atoms with Gasteiger partial charge in [0.05, 0.1) is 17.1 Å². The fraction of sp³-hybridized carbons (Fsp3) is 0.286. The molecule has 30 heavy (non-hydrogen) atoms. The van der Waals surface area contributed by atoms with E-state index < -0.39 is 16.1 Å². The van der Waals surface area contributed by atoms with Crippen LogP contribution in [0.3, 0.4) is 0 Å². The van der Waals surface area contributed by atoms with Crippen LogP contribution in [0.5, 0.6) is 0 Å². The van der Waals surface area contributed by atoms with Crippen LogP contribution in [-0.2, 0) is 16.6 Å². The van der Waals surface area contributed by atoms with Crippen LogP contribution in [0.4, 0.5) is 4.79 Å². The molecule has 6 nitrogen and oxygen atoms in total. The molecule has 2 heterocycles. The monoisotopic (exact) mass is 466 g/mol. The van der Waals surface area contributed by atoms with Gasteiger partial charge in [-0.25, -0.2) is 17.2 Å². The van der Waals surface area contributed by atoms with Gasteiger partial charge >= 0.3 is 6.09 Å². The molecule has 3 rings (SSSR count). The minimum Gasteiger partial charge on any atom is -0.465 e. The fourth-order valence-electron chi connectivity index (χ4n) is 3.13. The zero-order chi connectivity index (χ0) is 22.1. The molecule has 0 aliphatic heterocycles. The maximum Gasteiger partial charge on any atom is 0.407 e. The van der Waals surface area contributed by atoms with E-state index in [4.69, 9.17) is 11.6 Å². The van der Waals surface area contributed by atoms with E-state index in [0.29, 0.717) is 22.8 Å². The van der Waals surface area contributed by atoms with Crippen LogP contribution in [-0.4, -0.2) is 35.0 Å². The summed E-state index contributed by atoms with van der Waals surface area (Å²) in [5.74, 6) is 0. The van der Waals surface area contributed by atoms with E-state index in [1.165, 1.54) is 38.5 Å². The van der Waals surface area contributed by atoms with E-state index in [2.05, 4.69) is 0 Å². The predicted molar refractivity (Wildman–Crippen MR) is 120 cm³/mol. The van der Waals surface area contributed by atoms with Crippen molar-refractivity contribution in [3.05, 3.63) is 63.9 Å². The number of aromatic nitrogens is 1. The molecule has 0 aliphatic carbocycles. The Labute approximate surface area is 185 Å². The number of hydrogen-bond acceptors (Lipinski definition) is 4. The molecule has 0 spiro atoms. The minimum absolute atomic E-state index is 0.0680. The second-order valence-electron chi connectivity index (χ2n) is 8.20. The lowest BCUT2D eigenvalue weighted by Crippen LogP contribution is -2.36. The van der Waals surface area contributed by atoms with Gasteiger partial charge in [0.15, 0.2) is 0 Å². The van der Waals surface area contributed by atoms with Gasteiger partial charge < -0.3 is 10.0 Å². The number of rotatable bonds is 6. The average Bonchev–Trinajstić information content (AvgIpc) is 3.29. The maximum atomic E-state index is 13.3. The smallest absolute Gasteiger partial charge is 0.407 e. The van der Waals surface area contributed by atoms with Crippen molar-refractivity contribution in [1.82, 2.24) is 8.87 Å². The molecular formula is C21H23ClN2O4S2. The van der Waals surface area contributed by atoms with E-state index in [0.717, 1.165) is 5.56 Å². The van der Waals surface area contributed by atoms with Crippen LogP contribution >= 0.6 is 22.9 Å². The summed E-state index contributed by atoms with van der Waals surface area (Å²) >= 11 is 7.46. The molecule has 1 aromatic carbocycles. The maximum absolute atomic E-state index is 13.3. The topological polar surface area (TPSA) is 79.6 Å². The largest absolute Gasteiger partial charge is 0.465 e. The summed E-state index contributed by atoms with van der Waals surface area (Å²) in [6.07, 6.45) is 0.439. The number of carbonyl (C=O) groups is 1. The molecule has 0 saturated heterocycles. The third-order valence-corrected chi connectivity index (χ3v) is 6.91. The van der Waals surface area contributed by atoms with Gasteiger partial charge in [0.25, 0.3) is 10.0 Å². The molecule has 0 fully saturated rings. The first-order valence-corrected chi connectivity index (χ1v) is 12.0. The highest BCUT2D eigenvalue weighted by atomic mass is 35.5. The summed E-state index contributed by atoms with van der Waals surface area (Å²) in [6.45, 7) is 6.27. The molecule has 0 radical (unpaired) electrons. The van der Waals surface area contributed by atoms with Gasteiger partial charge in [-0.3, -0.25) is 0 Å². The van der Waals surface area contributed by atoms with Crippen LogP contribution < -0.4 is 0 Å². The number of benzene rings is 1. The quantitative estimate of drug-likeness (QED) is 0.510. The number of nitrogens with zero attached hydrogens (tertiary/aromatic N) is 2. The van der Waals surface area contributed by atoms with Crippen LogP contribution in [0.1, 0.15) is 26.3 Å². The Morgan fingerprint density at radius 3 is 2.53 bits per heavy atom. The van der Waals surface area contributed by atoms with Gasteiger partial charge in [0.1, 0.15) is 0 Å². The highest BCUT2D eigenvalue weighted by Crippen LogP contribution is 2.30. The molecule has 160 valence electrons. The first-order chi connectivity index (χ1) is 14.0. The van der Waals surface area contributed by atoms with Gasteiger partial charge in [0.2, 0.25) is 0 Å². The lowest BCUT2D eigenvalue weighted by molar-refractivity contribution is 0.123. The second-order valence-corrected chi connectivity index (χ2v) is 11.2. The molecule has 3 aromatic rings. The molecule has 1 N–H and O–H groups in total. The van der Waals surface area contributed by atoms with E-state index >= 15 is 0 Å². The molecule has 1 amide bonds. The van der Waals surface area contributed by atoms with Gasteiger partial charge in [-0.15, -0.1) is 0 Å². The third kappa shape index (κ3) is 5.06. The Kier molecular flexibility index (Phi) is 6.31. The van der Waals surface area contributed by atoms with Gasteiger partial charge in [-0.2, -0.15) is 11.3 Å². The lowest BCUT2D eigenvalue weighted by atomic mass is 9.96. The zero-order valence-electron chi connectivity index (χ0n) is 16.9. The van der Waals surface area contributed by atoms with Crippen molar-refractivity contribution in [2.75, 3.05) is 6.54 Å². The van der Waals surface area contributed by atoms with Crippen molar-refractivity contribution in [3.63, 3.8) is 0 Å². The second kappa shape index (κ2) is 8.45. The summed E-state index contributed by atoms with van der Waals surface area (Å²) in [7, 11) is -3.92. The Balaban J connectivity index is 2.07. The van der Waals surface area contributed by atoms with Crippen LogP contribution in [0.25, 0.3) is 11.3 Å². The van der Waals surface area contributed by atoms with Gasteiger partial charge in [0, 0.05) is 28.7 Å². The van der Waals surface area contributed by atoms with Crippen LogP contribution in [0.2, 0.25) is 5.02 Å². The normalized spacial score (nSPS) is 12.1. The summed E-state index contributed by atoms with van der Waals surface area (Å²) in [5, 5.41) is 13.7. The number of halogens is 1. The summed E-state index contributed by atoms with van der Waals surface area (Å²) in [4.78, 5) is 13.1. The third-order valence-electron chi connectivity index (χ3n) is 4.32. The zero-order valence-corrected chi connectivity index (χ0v) is 19.3. The van der Waals surface area contributed by atoms with E-state index in [1.807, 2.05) is 37.6 Å². The molecule has 0 unspecified atom stereocenters. The van der Waals surface area contributed by atoms with Crippen LogP contribution in [0.15, 0.2) is 58.3 Å². The Bertz CT molecular complexity index is 1150. The van der Waals surface area contributed by atoms with Crippen molar-refractivity contribution >= 4 is 39.1 Å². The standard InChI is InChI=1S/C21H23ClN2O4S2/c1-21(2,3)14-23(20(25)26)11-15-9-19(16-7-8-29-13-16)24(12-15)30(27,28)18-6-4-5-17(22)10-18/h4-10,12-13H,11,14H2,1-3H3,(H,25,26). The number of carboxylic acid groups (broad SMARTS) is 1. The SMILES string of the molecule is CC(C)(C)CN(Cc1cc(-c2ccsc2)n(S(=O)(=O)c2cccc(Cl)c2)c1)C(=O)O. The molecule has 2 aromatic heterocycles. The number of thiophene rings is 1. The highest BCUT2D eigenvalue weighted by Gasteiger charge is 2.25. The molecule has 0 bridgehead atoms. The van der Waals surface area contributed by atoms with E-state index in [1.54, 1.807) is 18.2 Å². The molecule has 0 atom stereocenters. The van der Waals surface area contributed by atoms with Crippen molar-refractivity contribution < 1.29 is 18.3 Å². The Morgan fingerprint density at radius 1 is 1.23 bits per heavy atom. The Morgan fingerprint density at radius 2 is 1.97 bits per heavy atom. The number of hydrogen-bond donors (Lipinski definition) is 1. The molecular weight excluding hydrogens is 444 g/mol. The molecule has 0 aliphatic rings. The Hall–Kier alpha value is -2.29. The predicted octanol–water partition coefficient (Wildman–Crippen LogP) is 5.63. The van der Waals surface area contributed by atoms with Crippen molar-refractivity contribution in [3.8, 4) is 11.3 Å². The van der Waals surface area contributed by atoms with Crippen LogP contribution in [0, 0.1) is 5.41 Å². The van der Waals surface area contributed by atoms with Crippen molar-refractivity contribution in [2.24, 2.45) is 5.41 Å². The molecule has 0 saturated carbocycles. The first kappa shape index (κ1) is 22.4. The average molecular weight is 467 g/mol. The van der Waals surface area contributed by atoms with E-state index in [-0.39, 0.29) is 16.9 Å². The number of amides is 1. The molecule has 9 heteroatoms. The summed E-state index contributed by atoms with van der Waals surface area (Å²) in [5.41, 5.74) is 1.58.